The van der Waals surface area contributed by atoms with Crippen LogP contribution < -0.4 is 4.90 Å². The van der Waals surface area contributed by atoms with Gasteiger partial charge in [-0.2, -0.15) is 5.10 Å². The van der Waals surface area contributed by atoms with Crippen molar-refractivity contribution in [1.29, 1.82) is 0 Å². The number of benzene rings is 1. The van der Waals surface area contributed by atoms with Crippen LogP contribution in [0.4, 0.5) is 15.4 Å². The summed E-state index contributed by atoms with van der Waals surface area (Å²) < 4.78 is 14.8. The SMILES string of the molecule is CC(C)C1CN(C2CN(C(=O)OC(C)(C)C)C2)C(=O)N1c1ccn2ncc(-c3ccc(-c4ncn(COCC[Si](C)(C)C)n4)cc3)c2n1. The molecule has 3 amide bonds. The number of carbonyl (C=O) groups excluding carboxylic acids is 2. The minimum atomic E-state index is -1.14. The summed E-state index contributed by atoms with van der Waals surface area (Å²) in [5.74, 6) is 1.41. The molecule has 2 fully saturated rings. The molecular formula is C34H47N9O4Si. The number of hydrogen-bond acceptors (Lipinski definition) is 8. The van der Waals surface area contributed by atoms with E-state index in [0.717, 1.165) is 29.3 Å². The molecule has 1 atom stereocenters. The molecule has 13 nitrogen and oxygen atoms in total. The Morgan fingerprint density at radius 1 is 1.04 bits per heavy atom. The number of hydrogen-bond donors (Lipinski definition) is 0. The van der Waals surface area contributed by atoms with Gasteiger partial charge in [-0.15, -0.1) is 5.10 Å². The van der Waals surface area contributed by atoms with Crippen LogP contribution in [0.5, 0.6) is 0 Å². The first-order valence-corrected chi connectivity index (χ1v) is 20.4. The fourth-order valence-corrected chi connectivity index (χ4v) is 6.63. The van der Waals surface area contributed by atoms with Crippen LogP contribution in [0.1, 0.15) is 34.6 Å². The highest BCUT2D eigenvalue weighted by molar-refractivity contribution is 6.76. The largest absolute Gasteiger partial charge is 0.444 e. The lowest BCUT2D eigenvalue weighted by Gasteiger charge is -2.43. The average molecular weight is 674 g/mol. The number of carbonyl (C=O) groups is 2. The molecule has 5 heterocycles. The molecule has 0 aliphatic carbocycles. The van der Waals surface area contributed by atoms with E-state index in [9.17, 15) is 9.59 Å². The Kier molecular flexibility index (Phi) is 9.07. The Bertz CT molecular complexity index is 1770. The van der Waals surface area contributed by atoms with Crippen molar-refractivity contribution in [2.45, 2.75) is 84.7 Å². The number of ether oxygens (including phenoxy) is 2. The molecule has 2 saturated heterocycles. The van der Waals surface area contributed by atoms with Crippen LogP contribution in [0.15, 0.2) is 49.1 Å². The Balaban J connectivity index is 1.16. The predicted octanol–water partition coefficient (Wildman–Crippen LogP) is 5.85. The van der Waals surface area contributed by atoms with E-state index < -0.39 is 13.7 Å². The molecule has 2 aliphatic rings. The molecule has 0 bridgehead atoms. The lowest BCUT2D eigenvalue weighted by molar-refractivity contribution is -0.00657. The van der Waals surface area contributed by atoms with Gasteiger partial charge in [0, 0.05) is 51.6 Å². The maximum atomic E-state index is 13.9. The third-order valence-corrected chi connectivity index (χ3v) is 10.4. The number of likely N-dealkylation sites (tertiary alicyclic amines) is 1. The van der Waals surface area contributed by atoms with Crippen molar-refractivity contribution in [1.82, 2.24) is 39.2 Å². The van der Waals surface area contributed by atoms with Gasteiger partial charge in [-0.05, 0) is 44.4 Å². The zero-order valence-corrected chi connectivity index (χ0v) is 30.3. The molecule has 1 unspecified atom stereocenters. The number of urea groups is 1. The number of anilines is 1. The summed E-state index contributed by atoms with van der Waals surface area (Å²) in [6.07, 6.45) is 4.99. The lowest BCUT2D eigenvalue weighted by Crippen LogP contribution is -2.62. The van der Waals surface area contributed by atoms with Crippen molar-refractivity contribution in [3.63, 3.8) is 0 Å². The topological polar surface area (TPSA) is 123 Å². The van der Waals surface area contributed by atoms with E-state index in [0.29, 0.717) is 43.7 Å². The van der Waals surface area contributed by atoms with Crippen LogP contribution in [0, 0.1) is 5.92 Å². The van der Waals surface area contributed by atoms with Crippen LogP contribution in [-0.4, -0.2) is 103 Å². The van der Waals surface area contributed by atoms with Crippen LogP contribution in [-0.2, 0) is 16.2 Å². The van der Waals surface area contributed by atoms with Crippen LogP contribution in [0.25, 0.3) is 28.2 Å². The molecule has 4 aromatic rings. The summed E-state index contributed by atoms with van der Waals surface area (Å²) in [7, 11) is -1.14. The Hall–Kier alpha value is -4.30. The second-order valence-corrected chi connectivity index (χ2v) is 20.9. The summed E-state index contributed by atoms with van der Waals surface area (Å²) in [5, 5.41) is 9.13. The van der Waals surface area contributed by atoms with Gasteiger partial charge in [-0.3, -0.25) is 4.90 Å². The Labute approximate surface area is 282 Å². The zero-order valence-electron chi connectivity index (χ0n) is 29.3. The molecule has 48 heavy (non-hydrogen) atoms. The van der Waals surface area contributed by atoms with Crippen LogP contribution in [0.2, 0.25) is 25.7 Å². The molecule has 0 N–H and O–H groups in total. The first kappa shape index (κ1) is 33.6. The predicted molar refractivity (Wildman–Crippen MR) is 186 cm³/mol. The van der Waals surface area contributed by atoms with Crippen molar-refractivity contribution in [2.24, 2.45) is 5.92 Å². The fourth-order valence-electron chi connectivity index (χ4n) is 5.87. The first-order chi connectivity index (χ1) is 22.7. The monoisotopic (exact) mass is 673 g/mol. The van der Waals surface area contributed by atoms with Crippen LogP contribution >= 0.6 is 0 Å². The summed E-state index contributed by atoms with van der Waals surface area (Å²) in [4.78, 5) is 41.2. The van der Waals surface area contributed by atoms with Gasteiger partial charge in [-0.1, -0.05) is 57.8 Å². The van der Waals surface area contributed by atoms with Crippen molar-refractivity contribution >= 4 is 31.7 Å². The third-order valence-electron chi connectivity index (χ3n) is 8.70. The highest BCUT2D eigenvalue weighted by Crippen LogP contribution is 2.33. The molecule has 256 valence electrons. The maximum absolute atomic E-state index is 13.9. The summed E-state index contributed by atoms with van der Waals surface area (Å²) in [6, 6.07) is 10.7. The quantitative estimate of drug-likeness (QED) is 0.152. The van der Waals surface area contributed by atoms with Crippen LogP contribution in [0.3, 0.4) is 0 Å². The number of aromatic nitrogens is 6. The molecule has 3 aromatic heterocycles. The standard InChI is InChI=1S/C34H47N9O4Si/c1-23(2)28-20-41(26-18-39(19-26)33(45)47-34(3,4)5)32(44)43(28)29-13-14-42-31(37-29)27(17-36-42)24-9-11-25(12-10-24)30-35-21-40(38-30)22-46-15-16-48(6,7)8/h9-14,17,21,23,26,28H,15-16,18-20,22H2,1-8H3. The van der Waals surface area contributed by atoms with E-state index >= 15 is 0 Å². The smallest absolute Gasteiger partial charge is 0.410 e. The molecule has 1 aromatic carbocycles. The highest BCUT2D eigenvalue weighted by Gasteiger charge is 2.48. The normalized spacial score (nSPS) is 17.6. The summed E-state index contributed by atoms with van der Waals surface area (Å²) in [6.45, 7) is 19.4. The summed E-state index contributed by atoms with van der Waals surface area (Å²) in [5.41, 5.74) is 2.79. The van der Waals surface area contributed by atoms with Crippen molar-refractivity contribution < 1.29 is 19.1 Å². The second-order valence-electron chi connectivity index (χ2n) is 15.3. The Morgan fingerprint density at radius 2 is 1.75 bits per heavy atom. The number of amides is 3. The van der Waals surface area contributed by atoms with E-state index in [-0.39, 0.29) is 30.1 Å². The van der Waals surface area contributed by atoms with Gasteiger partial charge in [0.1, 0.15) is 24.5 Å². The molecule has 0 radical (unpaired) electrons. The Morgan fingerprint density at radius 3 is 2.42 bits per heavy atom. The molecule has 0 spiro atoms. The fraction of sp³-hybridized carbons (Fsp3) is 0.529. The van der Waals surface area contributed by atoms with Crippen molar-refractivity contribution in [3.05, 3.63) is 49.1 Å². The van der Waals surface area contributed by atoms with E-state index in [4.69, 9.17) is 14.5 Å². The highest BCUT2D eigenvalue weighted by atomic mass is 28.3. The van der Waals surface area contributed by atoms with Gasteiger partial charge < -0.3 is 19.3 Å². The number of nitrogens with zero attached hydrogens (tertiary/aromatic N) is 9. The van der Waals surface area contributed by atoms with Gasteiger partial charge >= 0.3 is 12.1 Å². The van der Waals surface area contributed by atoms with Gasteiger partial charge in [-0.25, -0.2) is 28.8 Å². The number of fused-ring (bicyclic) bond motifs is 1. The van der Waals surface area contributed by atoms with Gasteiger partial charge in [0.05, 0.1) is 18.3 Å². The molecule has 0 saturated carbocycles. The van der Waals surface area contributed by atoms with E-state index in [1.807, 2.05) is 62.2 Å². The molecule has 2 aliphatic heterocycles. The van der Waals surface area contributed by atoms with Gasteiger partial charge in [0.15, 0.2) is 11.5 Å². The zero-order chi connectivity index (χ0) is 34.4. The van der Waals surface area contributed by atoms with Gasteiger partial charge in [0.25, 0.3) is 0 Å². The minimum absolute atomic E-state index is 0.0626. The first-order valence-electron chi connectivity index (χ1n) is 16.7. The second kappa shape index (κ2) is 13.0. The number of rotatable bonds is 10. The lowest BCUT2D eigenvalue weighted by atomic mass is 10.0. The molecular weight excluding hydrogens is 627 g/mol. The van der Waals surface area contributed by atoms with E-state index in [1.54, 1.807) is 31.5 Å². The third kappa shape index (κ3) is 7.24. The minimum Gasteiger partial charge on any atom is -0.444 e. The molecule has 6 rings (SSSR count). The molecule has 14 heteroatoms. The maximum Gasteiger partial charge on any atom is 0.410 e. The summed E-state index contributed by atoms with van der Waals surface area (Å²) >= 11 is 0. The van der Waals surface area contributed by atoms with Gasteiger partial charge in [0.2, 0.25) is 0 Å². The van der Waals surface area contributed by atoms with Crippen molar-refractivity contribution in [2.75, 3.05) is 31.1 Å². The average Bonchev–Trinajstić information content (AvgIpc) is 3.71. The van der Waals surface area contributed by atoms with Crippen molar-refractivity contribution in [3.8, 4) is 22.5 Å². The van der Waals surface area contributed by atoms with E-state index in [2.05, 4.69) is 48.7 Å². The van der Waals surface area contributed by atoms with E-state index in [1.165, 1.54) is 0 Å².